The number of urea groups is 1. The van der Waals surface area contributed by atoms with Crippen molar-refractivity contribution in [3.05, 3.63) is 93.3 Å². The molecule has 2 heterocycles. The van der Waals surface area contributed by atoms with E-state index in [4.69, 9.17) is 9.47 Å². The number of rotatable bonds is 9. The highest BCUT2D eigenvalue weighted by Gasteiger charge is 2.47. The van der Waals surface area contributed by atoms with Crippen LogP contribution in [-0.4, -0.2) is 48.6 Å². The van der Waals surface area contributed by atoms with Crippen molar-refractivity contribution in [3.63, 3.8) is 0 Å². The maximum Gasteiger partial charge on any atom is 0.325 e. The minimum Gasteiger partial charge on any atom is -0.493 e. The summed E-state index contributed by atoms with van der Waals surface area (Å²) in [6.07, 6.45) is 0. The number of hydrogen-bond donors (Lipinski definition) is 2. The van der Waals surface area contributed by atoms with Gasteiger partial charge in [-0.1, -0.05) is 56.3 Å². The number of carbonyl (C=O) groups excluding carboxylic acids is 3. The molecule has 0 aliphatic carbocycles. The van der Waals surface area contributed by atoms with E-state index in [9.17, 15) is 18.8 Å². The topological polar surface area (TPSA) is 97.0 Å². The molecule has 4 amide bonds. The summed E-state index contributed by atoms with van der Waals surface area (Å²) in [6.45, 7) is 5.65. The van der Waals surface area contributed by atoms with Gasteiger partial charge in [0.15, 0.2) is 0 Å². The van der Waals surface area contributed by atoms with Gasteiger partial charge in [0.2, 0.25) is 5.91 Å². The molecule has 0 bridgehead atoms. The molecule has 0 saturated carbocycles. The van der Waals surface area contributed by atoms with Crippen molar-refractivity contribution in [1.29, 1.82) is 0 Å². The Balaban J connectivity index is 1.38. The number of carbonyl (C=O) groups is 3. The van der Waals surface area contributed by atoms with Crippen LogP contribution in [0.3, 0.4) is 0 Å². The SMILES string of the molecule is C[C@@H](c1ccccc1)C(C(=O)Nc1ccc(I)cc1F)N1C(=O)N[C@H](c2ccc(OCC3(C)COC3)cc2)C1=O. The second kappa shape index (κ2) is 11.5. The molecule has 2 N–H and O–H groups in total. The van der Waals surface area contributed by atoms with E-state index in [0.717, 1.165) is 10.5 Å². The Morgan fingerprint density at radius 1 is 1.15 bits per heavy atom. The largest absolute Gasteiger partial charge is 0.493 e. The zero-order chi connectivity index (χ0) is 28.4. The van der Waals surface area contributed by atoms with Gasteiger partial charge in [-0.05, 0) is 64.0 Å². The number of nitrogens with one attached hydrogen (secondary N) is 2. The first-order valence-electron chi connectivity index (χ1n) is 12.9. The third-order valence-corrected chi connectivity index (χ3v) is 7.88. The summed E-state index contributed by atoms with van der Waals surface area (Å²) in [5, 5.41) is 5.30. The zero-order valence-corrected chi connectivity index (χ0v) is 24.2. The van der Waals surface area contributed by atoms with Gasteiger partial charge in [0.25, 0.3) is 5.91 Å². The fourth-order valence-electron chi connectivity index (χ4n) is 4.84. The molecule has 2 saturated heterocycles. The molecule has 10 heteroatoms. The van der Waals surface area contributed by atoms with Crippen molar-refractivity contribution in [2.24, 2.45) is 5.41 Å². The molecular formula is C30H29FIN3O5. The third kappa shape index (κ3) is 5.83. The molecule has 2 fully saturated rings. The number of benzene rings is 3. The summed E-state index contributed by atoms with van der Waals surface area (Å²) in [5.74, 6) is -1.78. The van der Waals surface area contributed by atoms with Crippen LogP contribution in [0.25, 0.3) is 0 Å². The van der Waals surface area contributed by atoms with Crippen molar-refractivity contribution in [2.45, 2.75) is 31.8 Å². The molecule has 40 heavy (non-hydrogen) atoms. The Labute approximate surface area is 245 Å². The van der Waals surface area contributed by atoms with E-state index in [1.807, 2.05) is 52.9 Å². The van der Waals surface area contributed by atoms with Gasteiger partial charge < -0.3 is 20.1 Å². The van der Waals surface area contributed by atoms with Crippen LogP contribution in [0, 0.1) is 14.8 Å². The molecule has 3 aromatic rings. The summed E-state index contributed by atoms with van der Waals surface area (Å²) in [7, 11) is 0. The predicted octanol–water partition coefficient (Wildman–Crippen LogP) is 5.25. The maximum atomic E-state index is 14.6. The van der Waals surface area contributed by atoms with Crippen LogP contribution in [0.1, 0.15) is 36.9 Å². The molecule has 2 aliphatic rings. The van der Waals surface area contributed by atoms with Crippen molar-refractivity contribution < 1.29 is 28.2 Å². The zero-order valence-electron chi connectivity index (χ0n) is 22.0. The van der Waals surface area contributed by atoms with Crippen LogP contribution in [0.4, 0.5) is 14.9 Å². The fourth-order valence-corrected chi connectivity index (χ4v) is 5.29. The average molecular weight is 657 g/mol. The predicted molar refractivity (Wildman–Crippen MR) is 155 cm³/mol. The van der Waals surface area contributed by atoms with Gasteiger partial charge in [0.1, 0.15) is 23.7 Å². The Kier molecular flexibility index (Phi) is 8.09. The van der Waals surface area contributed by atoms with Crippen molar-refractivity contribution in [3.8, 4) is 5.75 Å². The normalized spacial score (nSPS) is 19.4. The van der Waals surface area contributed by atoms with Gasteiger partial charge in [-0.25, -0.2) is 14.1 Å². The van der Waals surface area contributed by atoms with Crippen molar-refractivity contribution in [2.75, 3.05) is 25.1 Å². The second-order valence-electron chi connectivity index (χ2n) is 10.5. The lowest BCUT2D eigenvalue weighted by Gasteiger charge is -2.37. The van der Waals surface area contributed by atoms with Crippen LogP contribution in [0.5, 0.6) is 5.75 Å². The monoisotopic (exact) mass is 657 g/mol. The molecule has 2 aliphatic heterocycles. The first kappa shape index (κ1) is 28.0. The van der Waals surface area contributed by atoms with Gasteiger partial charge in [-0.15, -0.1) is 0 Å². The lowest BCUT2D eigenvalue weighted by molar-refractivity contribution is -0.134. The lowest BCUT2D eigenvalue weighted by atomic mass is 9.90. The highest BCUT2D eigenvalue weighted by atomic mass is 127. The first-order valence-corrected chi connectivity index (χ1v) is 14.0. The van der Waals surface area contributed by atoms with E-state index in [0.29, 0.717) is 34.7 Å². The summed E-state index contributed by atoms with van der Waals surface area (Å²) >= 11 is 1.97. The summed E-state index contributed by atoms with van der Waals surface area (Å²) in [5.41, 5.74) is 1.27. The number of anilines is 1. The van der Waals surface area contributed by atoms with Crippen LogP contribution in [0.15, 0.2) is 72.8 Å². The minimum atomic E-state index is -1.23. The first-order chi connectivity index (χ1) is 19.1. The van der Waals surface area contributed by atoms with E-state index < -0.39 is 41.7 Å². The molecule has 0 radical (unpaired) electrons. The van der Waals surface area contributed by atoms with E-state index in [1.54, 1.807) is 37.3 Å². The van der Waals surface area contributed by atoms with E-state index in [1.165, 1.54) is 12.1 Å². The molecule has 0 aromatic heterocycles. The number of amides is 4. The second-order valence-corrected chi connectivity index (χ2v) is 11.8. The number of halogens is 2. The lowest BCUT2D eigenvalue weighted by Crippen LogP contribution is -2.50. The van der Waals surface area contributed by atoms with Gasteiger partial charge in [-0.2, -0.15) is 0 Å². The smallest absolute Gasteiger partial charge is 0.325 e. The van der Waals surface area contributed by atoms with Crippen LogP contribution in [-0.2, 0) is 14.3 Å². The molecule has 3 atom stereocenters. The van der Waals surface area contributed by atoms with Gasteiger partial charge in [0, 0.05) is 14.9 Å². The number of nitrogens with zero attached hydrogens (tertiary/aromatic N) is 1. The third-order valence-electron chi connectivity index (χ3n) is 7.21. The molecule has 3 aromatic carbocycles. The highest BCUT2D eigenvalue weighted by molar-refractivity contribution is 14.1. The summed E-state index contributed by atoms with van der Waals surface area (Å²) < 4.78 is 26.4. The van der Waals surface area contributed by atoms with Crippen LogP contribution < -0.4 is 15.4 Å². The van der Waals surface area contributed by atoms with Gasteiger partial charge in [-0.3, -0.25) is 9.59 Å². The summed E-state index contributed by atoms with van der Waals surface area (Å²) in [4.78, 5) is 41.5. The number of hydrogen-bond acceptors (Lipinski definition) is 5. The van der Waals surface area contributed by atoms with Crippen LogP contribution >= 0.6 is 22.6 Å². The molecule has 8 nitrogen and oxygen atoms in total. The Hall–Kier alpha value is -3.51. The molecule has 208 valence electrons. The minimum absolute atomic E-state index is 0.0132. The number of ether oxygens (including phenoxy) is 2. The molecular weight excluding hydrogens is 628 g/mol. The van der Waals surface area contributed by atoms with Gasteiger partial charge >= 0.3 is 6.03 Å². The molecule has 5 rings (SSSR count). The summed E-state index contributed by atoms with van der Waals surface area (Å²) in [6, 6.07) is 17.5. The number of imide groups is 1. The fraction of sp³-hybridized carbons (Fsp3) is 0.300. The highest BCUT2D eigenvalue weighted by Crippen LogP contribution is 2.33. The average Bonchev–Trinajstić information content (AvgIpc) is 3.22. The van der Waals surface area contributed by atoms with Crippen LogP contribution in [0.2, 0.25) is 0 Å². The van der Waals surface area contributed by atoms with Gasteiger partial charge in [0.05, 0.1) is 25.5 Å². The van der Waals surface area contributed by atoms with E-state index in [2.05, 4.69) is 17.6 Å². The van der Waals surface area contributed by atoms with Crippen molar-refractivity contribution in [1.82, 2.24) is 10.2 Å². The Bertz CT molecular complexity index is 1410. The molecule has 0 spiro atoms. The van der Waals surface area contributed by atoms with Crippen molar-refractivity contribution >= 4 is 46.1 Å². The Morgan fingerprint density at radius 3 is 2.48 bits per heavy atom. The Morgan fingerprint density at radius 2 is 1.85 bits per heavy atom. The van der Waals surface area contributed by atoms with E-state index >= 15 is 0 Å². The quantitative estimate of drug-likeness (QED) is 0.242. The standard InChI is InChI=1S/C30H29FIN3O5/c1-18(19-6-4-3-5-7-19)26(27(36)33-24-13-10-21(32)14-23(24)31)35-28(37)25(34-29(35)38)20-8-11-22(12-9-20)40-17-30(2)15-39-16-30/h3-14,18,25-26H,15-17H2,1-2H3,(H,33,36)(H,34,38)/t18-,25+,26?/m0/s1. The van der Waals surface area contributed by atoms with E-state index in [-0.39, 0.29) is 11.1 Å². The molecule has 1 unspecified atom stereocenters. The maximum absolute atomic E-state index is 14.6.